The van der Waals surface area contributed by atoms with Crippen LogP contribution in [0.1, 0.15) is 46.6 Å². The predicted molar refractivity (Wildman–Crippen MR) is 94.3 cm³/mol. The van der Waals surface area contributed by atoms with Gasteiger partial charge in [-0.15, -0.1) is 23.7 Å². The van der Waals surface area contributed by atoms with Gasteiger partial charge in [0.1, 0.15) is 10.5 Å². The van der Waals surface area contributed by atoms with Gasteiger partial charge in [0.05, 0.1) is 10.4 Å². The lowest BCUT2D eigenvalue weighted by atomic mass is 9.97. The smallest absolute Gasteiger partial charge is 0.345 e. The molecule has 0 atom stereocenters. The van der Waals surface area contributed by atoms with Crippen molar-refractivity contribution in [3.8, 4) is 0 Å². The number of nitrogens with zero attached hydrogens (tertiary/aromatic N) is 1. The van der Waals surface area contributed by atoms with E-state index < -0.39 is 17.4 Å². The molecule has 0 aromatic carbocycles. The van der Waals surface area contributed by atoms with Crippen molar-refractivity contribution in [2.45, 2.75) is 44.3 Å². The molecule has 0 aliphatic heterocycles. The Morgan fingerprint density at radius 2 is 2.00 bits per heavy atom. The van der Waals surface area contributed by atoms with Crippen LogP contribution in [0.25, 0.3) is 10.2 Å². The van der Waals surface area contributed by atoms with E-state index in [1.54, 1.807) is 6.92 Å². The van der Waals surface area contributed by atoms with Gasteiger partial charge in [0.25, 0.3) is 5.91 Å². The zero-order chi connectivity index (χ0) is 17.5. The Bertz CT molecular complexity index is 785. The quantitative estimate of drug-likeness (QED) is 0.826. The number of rotatable bonds is 3. The Morgan fingerprint density at radius 3 is 2.56 bits per heavy atom. The first-order valence-corrected chi connectivity index (χ1v) is 8.57. The number of hydrogen-bond acceptors (Lipinski definition) is 4. The summed E-state index contributed by atoms with van der Waals surface area (Å²) in [5.41, 5.74) is 5.13. The van der Waals surface area contributed by atoms with E-state index in [9.17, 15) is 18.0 Å². The summed E-state index contributed by atoms with van der Waals surface area (Å²) >= 11 is 0.991. The molecule has 1 aliphatic carbocycles. The van der Waals surface area contributed by atoms with Gasteiger partial charge in [0, 0.05) is 11.9 Å². The summed E-state index contributed by atoms with van der Waals surface area (Å²) in [6.07, 6.45) is -0.813. The van der Waals surface area contributed by atoms with Gasteiger partial charge in [0.15, 0.2) is 0 Å². The second-order valence-corrected chi connectivity index (χ2v) is 7.25. The minimum absolute atomic E-state index is 0. The van der Waals surface area contributed by atoms with Gasteiger partial charge in [-0.1, -0.05) is 12.8 Å². The number of thiophene rings is 1. The molecule has 0 bridgehead atoms. The third-order valence-corrected chi connectivity index (χ3v) is 5.83. The van der Waals surface area contributed by atoms with Crippen LogP contribution in [0.2, 0.25) is 0 Å². The monoisotopic (exact) mass is 393 g/mol. The lowest BCUT2D eigenvalue weighted by Gasteiger charge is -2.28. The highest BCUT2D eigenvalue weighted by atomic mass is 35.5. The first-order valence-electron chi connectivity index (χ1n) is 7.76. The van der Waals surface area contributed by atoms with Crippen molar-refractivity contribution < 1.29 is 18.0 Å². The van der Waals surface area contributed by atoms with Crippen LogP contribution in [0.5, 0.6) is 0 Å². The molecule has 2 aromatic heterocycles. The summed E-state index contributed by atoms with van der Waals surface area (Å²) in [5.74, 6) is -0.281. The number of fused-ring (bicyclic) bond motifs is 1. The molecule has 3 N–H and O–H groups in total. The van der Waals surface area contributed by atoms with E-state index in [-0.39, 0.29) is 23.1 Å². The summed E-state index contributed by atoms with van der Waals surface area (Å²) in [7, 11) is 0. The van der Waals surface area contributed by atoms with Gasteiger partial charge >= 0.3 is 6.18 Å². The number of nitrogens with one attached hydrogen (secondary N) is 1. The molecule has 1 aliphatic rings. The number of aryl methyl sites for hydroxylation is 1. The van der Waals surface area contributed by atoms with Crippen LogP contribution in [0, 0.1) is 6.92 Å². The number of amides is 1. The maximum atomic E-state index is 12.8. The first-order chi connectivity index (χ1) is 11.3. The molecule has 0 saturated heterocycles. The molecule has 9 heteroatoms. The van der Waals surface area contributed by atoms with Crippen molar-refractivity contribution >= 4 is 39.9 Å². The van der Waals surface area contributed by atoms with Crippen molar-refractivity contribution in [2.75, 3.05) is 6.54 Å². The molecule has 0 radical (unpaired) electrons. The molecule has 1 amide bonds. The van der Waals surface area contributed by atoms with Crippen molar-refractivity contribution in [3.63, 3.8) is 0 Å². The number of aromatic nitrogens is 1. The number of carbonyl (C=O) groups excluding carboxylic acids is 1. The third-order valence-electron chi connectivity index (χ3n) is 4.63. The van der Waals surface area contributed by atoms with E-state index in [1.165, 1.54) is 6.07 Å². The van der Waals surface area contributed by atoms with Gasteiger partial charge < -0.3 is 11.1 Å². The maximum absolute atomic E-state index is 12.8. The average molecular weight is 394 g/mol. The van der Waals surface area contributed by atoms with E-state index in [1.807, 2.05) is 0 Å². The lowest BCUT2D eigenvalue weighted by molar-refractivity contribution is -0.140. The fourth-order valence-corrected chi connectivity index (χ4v) is 4.28. The Hall–Kier alpha value is -1.38. The first kappa shape index (κ1) is 19.9. The van der Waals surface area contributed by atoms with Gasteiger partial charge in [-0.2, -0.15) is 13.2 Å². The largest absolute Gasteiger partial charge is 0.433 e. The molecule has 3 rings (SSSR count). The van der Waals surface area contributed by atoms with Crippen molar-refractivity contribution in [3.05, 3.63) is 28.3 Å². The Balaban J connectivity index is 0.00000225. The predicted octanol–water partition coefficient (Wildman–Crippen LogP) is 4.05. The lowest BCUT2D eigenvalue weighted by Crippen LogP contribution is -2.51. The van der Waals surface area contributed by atoms with Crippen LogP contribution in [-0.2, 0) is 6.18 Å². The highest BCUT2D eigenvalue weighted by molar-refractivity contribution is 7.20. The molecule has 1 saturated carbocycles. The van der Waals surface area contributed by atoms with Crippen LogP contribution in [0.15, 0.2) is 12.1 Å². The second kappa shape index (κ2) is 7.09. The van der Waals surface area contributed by atoms with Crippen LogP contribution in [0.4, 0.5) is 13.2 Å². The highest BCUT2D eigenvalue weighted by Crippen LogP contribution is 2.35. The number of nitrogens with two attached hydrogens (primary N) is 1. The van der Waals surface area contributed by atoms with Gasteiger partial charge in [0.2, 0.25) is 0 Å². The van der Waals surface area contributed by atoms with Gasteiger partial charge in [-0.3, -0.25) is 4.79 Å². The van der Waals surface area contributed by atoms with E-state index >= 15 is 0 Å². The molecular weight excluding hydrogens is 375 g/mol. The zero-order valence-electron chi connectivity index (χ0n) is 13.6. The fraction of sp³-hybridized carbons (Fsp3) is 0.500. The van der Waals surface area contributed by atoms with Crippen molar-refractivity contribution in [2.24, 2.45) is 5.73 Å². The second-order valence-electron chi connectivity index (χ2n) is 6.25. The summed E-state index contributed by atoms with van der Waals surface area (Å²) in [6.45, 7) is 2.09. The van der Waals surface area contributed by atoms with E-state index in [0.717, 1.165) is 43.1 Å². The molecule has 25 heavy (non-hydrogen) atoms. The Morgan fingerprint density at radius 1 is 1.36 bits per heavy atom. The normalized spacial score (nSPS) is 16.7. The Labute approximate surface area is 153 Å². The maximum Gasteiger partial charge on any atom is 0.433 e. The number of alkyl halides is 3. The SMILES string of the molecule is Cc1c(C(=O)NC2(CN)CCCC2)sc2nc(C(F)(F)F)ccc12.Cl. The van der Waals surface area contributed by atoms with Crippen LogP contribution < -0.4 is 11.1 Å². The summed E-state index contributed by atoms with van der Waals surface area (Å²) in [6, 6.07) is 2.32. The summed E-state index contributed by atoms with van der Waals surface area (Å²) in [5, 5.41) is 3.58. The molecule has 4 nitrogen and oxygen atoms in total. The zero-order valence-corrected chi connectivity index (χ0v) is 15.2. The summed E-state index contributed by atoms with van der Waals surface area (Å²) < 4.78 is 38.4. The minimum atomic E-state index is -4.50. The number of hydrogen-bond donors (Lipinski definition) is 2. The number of carbonyl (C=O) groups is 1. The van der Waals surface area contributed by atoms with Crippen molar-refractivity contribution in [1.82, 2.24) is 10.3 Å². The van der Waals surface area contributed by atoms with Crippen LogP contribution in [-0.4, -0.2) is 23.0 Å². The van der Waals surface area contributed by atoms with Crippen LogP contribution in [0.3, 0.4) is 0 Å². The highest BCUT2D eigenvalue weighted by Gasteiger charge is 2.36. The van der Waals surface area contributed by atoms with E-state index in [0.29, 0.717) is 22.4 Å². The van der Waals surface area contributed by atoms with E-state index in [4.69, 9.17) is 5.73 Å². The fourth-order valence-electron chi connectivity index (χ4n) is 3.20. The molecule has 2 heterocycles. The molecule has 1 fully saturated rings. The Kier molecular flexibility index (Phi) is 5.65. The van der Waals surface area contributed by atoms with Crippen LogP contribution >= 0.6 is 23.7 Å². The number of pyridine rings is 1. The number of halogens is 4. The molecule has 0 spiro atoms. The molecule has 138 valence electrons. The summed E-state index contributed by atoms with van der Waals surface area (Å²) in [4.78, 5) is 16.9. The topological polar surface area (TPSA) is 68.0 Å². The van der Waals surface area contributed by atoms with Gasteiger partial charge in [-0.25, -0.2) is 4.98 Å². The standard InChI is InChI=1S/C16H18F3N3OS.ClH/c1-9-10-4-5-11(16(17,18)19)21-14(10)24-12(9)13(23)22-15(8-20)6-2-3-7-15;/h4-5H,2-3,6-8,20H2,1H3,(H,22,23);1H. The molecule has 2 aromatic rings. The molecular formula is C16H19ClF3N3OS. The van der Waals surface area contributed by atoms with Gasteiger partial charge in [-0.05, 0) is 37.5 Å². The molecule has 0 unspecified atom stereocenters. The third kappa shape index (κ3) is 3.75. The average Bonchev–Trinajstić information content (AvgIpc) is 3.12. The van der Waals surface area contributed by atoms with Crippen molar-refractivity contribution in [1.29, 1.82) is 0 Å². The van der Waals surface area contributed by atoms with E-state index in [2.05, 4.69) is 10.3 Å². The minimum Gasteiger partial charge on any atom is -0.345 e.